The third-order valence-electron chi connectivity index (χ3n) is 12.8. The number of hydrogen-bond acceptors (Lipinski definition) is 6. The molecule has 0 spiro atoms. The van der Waals surface area contributed by atoms with Crippen molar-refractivity contribution >= 4 is 19.7 Å². The van der Waals surface area contributed by atoms with Gasteiger partial charge in [-0.05, 0) is 83.1 Å². The zero-order chi connectivity index (χ0) is 50.1. The van der Waals surface area contributed by atoms with E-state index in [1.54, 1.807) is 0 Å². The van der Waals surface area contributed by atoms with E-state index in [4.69, 9.17) is 13.8 Å². The van der Waals surface area contributed by atoms with Crippen LogP contribution >= 0.6 is 7.82 Å². The number of nitrogens with one attached hydrogen (secondary N) is 1. The number of likely N-dealkylation sites (N-methyl/N-ethyl adjacent to an activating group) is 1. The van der Waals surface area contributed by atoms with Crippen molar-refractivity contribution in [1.29, 1.82) is 0 Å². The normalized spacial score (nSPS) is 14.0. The smallest absolute Gasteiger partial charge is 0.456 e. The predicted octanol–water partition coefficient (Wildman–Crippen LogP) is 17.2. The summed E-state index contributed by atoms with van der Waals surface area (Å²) in [6.45, 7) is 7.00. The van der Waals surface area contributed by atoms with E-state index in [1.807, 2.05) is 33.3 Å². The number of quaternary nitrogens is 1. The van der Waals surface area contributed by atoms with Gasteiger partial charge < -0.3 is 19.4 Å². The van der Waals surface area contributed by atoms with Crippen LogP contribution in [-0.4, -0.2) is 74.3 Å². The number of ether oxygens (including phenoxy) is 1. The Bertz CT molecular complexity index is 1270. The molecule has 0 aromatic carbocycles. The fourth-order valence-electron chi connectivity index (χ4n) is 8.28. The van der Waals surface area contributed by atoms with Crippen LogP contribution in [0, 0.1) is 0 Å². The lowest BCUT2D eigenvalue weighted by atomic mass is 10.1. The van der Waals surface area contributed by atoms with Crippen LogP contribution < -0.4 is 5.32 Å². The van der Waals surface area contributed by atoms with Gasteiger partial charge in [-0.25, -0.2) is 4.57 Å². The van der Waals surface area contributed by atoms with Gasteiger partial charge in [0.2, 0.25) is 5.91 Å². The van der Waals surface area contributed by atoms with Gasteiger partial charge in [-0.15, -0.1) is 0 Å². The van der Waals surface area contributed by atoms with Crippen molar-refractivity contribution in [2.75, 3.05) is 40.9 Å². The molecule has 400 valence electrons. The van der Waals surface area contributed by atoms with Crippen molar-refractivity contribution < 1.29 is 37.3 Å². The topological polar surface area (TPSA) is 111 Å². The lowest BCUT2D eigenvalue weighted by Gasteiger charge is -2.27. The standard InChI is InChI=1S/C58H111N2O7P/c1-7-10-13-16-19-22-25-27-29-30-31-32-35-38-41-44-47-50-57(61)59-55(54-66-68(63,64)65-53-52-60(4,5)6)56(49-46-43-40-37-34-24-21-18-15-12-9-3)67-58(62)51-48-45-42-39-36-33-28-26-23-20-17-14-11-8-2/h27,29,33,36,46,49,55-56H,7-26,28,30-32,34-35,37-45,47-48,50-54H2,1-6H3,(H-,59,61,63,64)/p+1/b29-27+,36-33-,49-46+. The van der Waals surface area contributed by atoms with Crippen molar-refractivity contribution in [2.45, 2.75) is 283 Å². The van der Waals surface area contributed by atoms with Gasteiger partial charge >= 0.3 is 13.8 Å². The first-order chi connectivity index (χ1) is 32.9. The number of phosphoric acid groups is 1. The zero-order valence-corrected chi connectivity index (χ0v) is 46.5. The fraction of sp³-hybridized carbons (Fsp3) is 0.862. The molecule has 3 atom stereocenters. The molecule has 0 aliphatic rings. The summed E-state index contributed by atoms with van der Waals surface area (Å²) in [6.07, 6.45) is 57.1. The summed E-state index contributed by atoms with van der Waals surface area (Å²) in [5.41, 5.74) is 0. The molecule has 1 amide bonds. The Labute approximate surface area is 421 Å². The summed E-state index contributed by atoms with van der Waals surface area (Å²) in [5, 5.41) is 3.04. The van der Waals surface area contributed by atoms with E-state index in [-0.39, 0.29) is 31.5 Å². The summed E-state index contributed by atoms with van der Waals surface area (Å²) in [6, 6.07) is -0.852. The minimum atomic E-state index is -4.44. The van der Waals surface area contributed by atoms with Gasteiger partial charge in [-0.1, -0.05) is 212 Å². The molecule has 10 heteroatoms. The van der Waals surface area contributed by atoms with Crippen LogP contribution in [-0.2, 0) is 27.9 Å². The van der Waals surface area contributed by atoms with Crippen LogP contribution in [0.25, 0.3) is 0 Å². The van der Waals surface area contributed by atoms with Crippen LogP contribution in [0.3, 0.4) is 0 Å². The second-order valence-corrected chi connectivity index (χ2v) is 22.3. The molecular formula is C58H112N2O7P+. The Kier molecular flexibility index (Phi) is 47.6. The van der Waals surface area contributed by atoms with Gasteiger partial charge in [0.15, 0.2) is 0 Å². The highest BCUT2D eigenvalue weighted by Crippen LogP contribution is 2.43. The number of carbonyl (C=O) groups excluding carboxylic acids is 2. The maximum Gasteiger partial charge on any atom is 0.472 e. The van der Waals surface area contributed by atoms with Gasteiger partial charge in [0.05, 0.1) is 33.8 Å². The maximum atomic E-state index is 13.5. The van der Waals surface area contributed by atoms with Gasteiger partial charge in [0.1, 0.15) is 19.3 Å². The number of phosphoric ester groups is 1. The molecule has 3 unspecified atom stereocenters. The first-order valence-electron chi connectivity index (χ1n) is 28.8. The van der Waals surface area contributed by atoms with Crippen molar-refractivity contribution in [3.8, 4) is 0 Å². The Morgan fingerprint density at radius 2 is 0.853 bits per heavy atom. The molecule has 0 bridgehead atoms. The molecule has 0 rings (SSSR count). The summed E-state index contributed by atoms with van der Waals surface area (Å²) < 4.78 is 30.6. The average Bonchev–Trinajstić information content (AvgIpc) is 3.29. The van der Waals surface area contributed by atoms with Crippen molar-refractivity contribution in [3.63, 3.8) is 0 Å². The summed E-state index contributed by atoms with van der Waals surface area (Å²) in [4.78, 5) is 37.5. The first-order valence-corrected chi connectivity index (χ1v) is 30.3. The zero-order valence-electron chi connectivity index (χ0n) is 45.6. The van der Waals surface area contributed by atoms with Crippen LogP contribution in [0.15, 0.2) is 36.5 Å². The molecule has 0 heterocycles. The molecule has 0 aliphatic carbocycles. The van der Waals surface area contributed by atoms with Gasteiger partial charge in [0.25, 0.3) is 0 Å². The third-order valence-corrected chi connectivity index (χ3v) is 13.8. The molecule has 68 heavy (non-hydrogen) atoms. The monoisotopic (exact) mass is 980 g/mol. The largest absolute Gasteiger partial charge is 0.472 e. The molecule has 0 aromatic rings. The molecule has 0 fully saturated rings. The molecule has 0 aliphatic heterocycles. The number of allylic oxidation sites excluding steroid dienone is 5. The molecule has 0 saturated heterocycles. The van der Waals surface area contributed by atoms with E-state index in [9.17, 15) is 19.0 Å². The van der Waals surface area contributed by atoms with E-state index in [1.165, 1.54) is 154 Å². The van der Waals surface area contributed by atoms with Crippen molar-refractivity contribution in [2.24, 2.45) is 0 Å². The molecule has 0 aromatic heterocycles. The quantitative estimate of drug-likeness (QED) is 0.0205. The van der Waals surface area contributed by atoms with E-state index >= 15 is 0 Å². The minimum Gasteiger partial charge on any atom is -0.456 e. The second-order valence-electron chi connectivity index (χ2n) is 20.8. The second kappa shape index (κ2) is 48.8. The maximum absolute atomic E-state index is 13.5. The molecule has 9 nitrogen and oxygen atoms in total. The van der Waals surface area contributed by atoms with Gasteiger partial charge in [-0.3, -0.25) is 18.6 Å². The van der Waals surface area contributed by atoms with Gasteiger partial charge in [0, 0.05) is 12.8 Å². The number of esters is 1. The predicted molar refractivity (Wildman–Crippen MR) is 291 cm³/mol. The number of rotatable bonds is 52. The minimum absolute atomic E-state index is 0.0384. The fourth-order valence-corrected chi connectivity index (χ4v) is 9.02. The summed E-state index contributed by atoms with van der Waals surface area (Å²) in [7, 11) is 1.49. The molecule has 0 radical (unpaired) electrons. The van der Waals surface area contributed by atoms with Crippen LogP contribution in [0.1, 0.15) is 271 Å². The van der Waals surface area contributed by atoms with E-state index < -0.39 is 20.0 Å². The van der Waals surface area contributed by atoms with E-state index in [2.05, 4.69) is 50.4 Å². The lowest BCUT2D eigenvalue weighted by molar-refractivity contribution is -0.870. The van der Waals surface area contributed by atoms with Crippen LogP contribution in [0.5, 0.6) is 0 Å². The highest BCUT2D eigenvalue weighted by atomic mass is 31.2. The van der Waals surface area contributed by atoms with Crippen molar-refractivity contribution in [3.05, 3.63) is 36.5 Å². The molecule has 0 saturated carbocycles. The first kappa shape index (κ1) is 66.2. The number of hydrogen-bond donors (Lipinski definition) is 2. The Balaban J connectivity index is 5.33. The number of amides is 1. The average molecular weight is 981 g/mol. The van der Waals surface area contributed by atoms with Crippen molar-refractivity contribution in [1.82, 2.24) is 5.32 Å². The Hall–Kier alpha value is -1.77. The number of carbonyl (C=O) groups is 2. The van der Waals surface area contributed by atoms with Crippen LogP contribution in [0.2, 0.25) is 0 Å². The van der Waals surface area contributed by atoms with Crippen LogP contribution in [0.4, 0.5) is 0 Å². The summed E-state index contributed by atoms with van der Waals surface area (Å²) >= 11 is 0. The Morgan fingerprint density at radius 1 is 0.500 bits per heavy atom. The third kappa shape index (κ3) is 49.2. The number of unbranched alkanes of at least 4 members (excludes halogenated alkanes) is 32. The Morgan fingerprint density at radius 3 is 1.26 bits per heavy atom. The SMILES string of the molecule is CCCCCCCC/C=C/CCCCCCCCCC(=O)NC(COP(=O)(O)OCC[N+](C)(C)C)C(/C=C/CCCCCCCCCCC)OC(=O)CCCCC/C=C\CCCCCCCCC. The lowest BCUT2D eigenvalue weighted by Crippen LogP contribution is -2.47. The van der Waals surface area contributed by atoms with E-state index in [0.29, 0.717) is 17.4 Å². The highest BCUT2D eigenvalue weighted by Gasteiger charge is 2.30. The molecule has 2 N–H and O–H groups in total. The van der Waals surface area contributed by atoms with Gasteiger partial charge in [-0.2, -0.15) is 0 Å². The van der Waals surface area contributed by atoms with E-state index in [0.717, 1.165) is 83.5 Å². The number of nitrogens with zero attached hydrogens (tertiary/aromatic N) is 1. The summed E-state index contributed by atoms with van der Waals surface area (Å²) in [5.74, 6) is -0.523. The highest BCUT2D eigenvalue weighted by molar-refractivity contribution is 7.47. The molecular weight excluding hydrogens is 868 g/mol.